The van der Waals surface area contributed by atoms with Crippen LogP contribution in [0.4, 0.5) is 5.69 Å². The van der Waals surface area contributed by atoms with Crippen LogP contribution in [0.5, 0.6) is 5.75 Å². The van der Waals surface area contributed by atoms with E-state index in [4.69, 9.17) is 32.9 Å². The fourth-order valence-electron chi connectivity index (χ4n) is 2.88. The molecule has 30 heavy (non-hydrogen) atoms. The molecule has 0 aromatic heterocycles. The molecule has 156 valence electrons. The van der Waals surface area contributed by atoms with Gasteiger partial charge in [0.15, 0.2) is 0 Å². The Labute approximate surface area is 179 Å². The lowest BCUT2D eigenvalue weighted by Gasteiger charge is -2.14. The molecule has 0 saturated carbocycles. The van der Waals surface area contributed by atoms with Crippen LogP contribution in [-0.2, 0) is 16.4 Å². The summed E-state index contributed by atoms with van der Waals surface area (Å²) in [4.78, 5) is 11.9. The van der Waals surface area contributed by atoms with E-state index in [9.17, 15) is 13.2 Å². The van der Waals surface area contributed by atoms with Gasteiger partial charge < -0.3 is 16.2 Å². The minimum absolute atomic E-state index is 0.0400. The third-order valence-corrected chi connectivity index (χ3v) is 5.67. The van der Waals surface area contributed by atoms with E-state index in [0.717, 1.165) is 11.1 Å². The molecule has 0 bridgehead atoms. The highest BCUT2D eigenvalue weighted by Crippen LogP contribution is 2.33. The number of amides is 1. The van der Waals surface area contributed by atoms with Gasteiger partial charge in [-0.2, -0.15) is 0 Å². The number of anilines is 1. The number of nitrogen functional groups attached to an aromatic ring is 1. The molecule has 0 fully saturated rings. The quantitative estimate of drug-likeness (QED) is 0.480. The van der Waals surface area contributed by atoms with Crippen LogP contribution in [0, 0.1) is 0 Å². The Balaban J connectivity index is 1.81. The largest absolute Gasteiger partial charge is 0.491 e. The lowest BCUT2D eigenvalue weighted by Crippen LogP contribution is -2.15. The second-order valence-corrected chi connectivity index (χ2v) is 8.59. The first-order valence-electron chi connectivity index (χ1n) is 8.89. The molecule has 0 heterocycles. The molecule has 0 spiro atoms. The average molecular weight is 446 g/mol. The van der Waals surface area contributed by atoms with Gasteiger partial charge in [-0.15, -0.1) is 0 Å². The molecule has 1 amide bonds. The number of rotatable bonds is 7. The lowest BCUT2D eigenvalue weighted by molar-refractivity contribution is 0.100. The van der Waals surface area contributed by atoms with Gasteiger partial charge in [0.2, 0.25) is 10.0 Å². The highest BCUT2D eigenvalue weighted by Gasteiger charge is 2.15. The first kappa shape index (κ1) is 21.6. The summed E-state index contributed by atoms with van der Waals surface area (Å²) in [5.41, 5.74) is 14.2. The lowest BCUT2D eigenvalue weighted by atomic mass is 10.0. The van der Waals surface area contributed by atoms with E-state index < -0.39 is 15.9 Å². The van der Waals surface area contributed by atoms with Gasteiger partial charge in [0, 0.05) is 11.4 Å². The van der Waals surface area contributed by atoms with Gasteiger partial charge in [0.1, 0.15) is 5.75 Å². The van der Waals surface area contributed by atoms with Crippen molar-refractivity contribution >= 4 is 33.2 Å². The molecule has 0 aliphatic heterocycles. The van der Waals surface area contributed by atoms with Crippen molar-refractivity contribution in [3.05, 3.63) is 76.8 Å². The van der Waals surface area contributed by atoms with E-state index in [1.54, 1.807) is 36.4 Å². The van der Waals surface area contributed by atoms with Crippen LogP contribution in [0.2, 0.25) is 5.02 Å². The van der Waals surface area contributed by atoms with Crippen LogP contribution in [0.1, 0.15) is 15.9 Å². The van der Waals surface area contributed by atoms with Crippen molar-refractivity contribution in [1.82, 2.24) is 0 Å². The third-order valence-electron chi connectivity index (χ3n) is 4.49. The van der Waals surface area contributed by atoms with Crippen LogP contribution in [0.15, 0.2) is 65.6 Å². The molecule has 0 aliphatic rings. The molecule has 3 aromatic carbocycles. The van der Waals surface area contributed by atoms with E-state index >= 15 is 0 Å². The Hall–Kier alpha value is -3.07. The van der Waals surface area contributed by atoms with E-state index in [-0.39, 0.29) is 22.8 Å². The molecular formula is C21H20ClN3O4S. The van der Waals surface area contributed by atoms with Gasteiger partial charge in [0.25, 0.3) is 5.91 Å². The summed E-state index contributed by atoms with van der Waals surface area (Å²) >= 11 is 5.94. The Morgan fingerprint density at radius 1 is 0.967 bits per heavy atom. The van der Waals surface area contributed by atoms with E-state index in [1.807, 2.05) is 12.1 Å². The predicted molar refractivity (Wildman–Crippen MR) is 117 cm³/mol. The first-order chi connectivity index (χ1) is 14.1. The SMILES string of the molecule is NC(=O)c1cc(-c2ccc(Cl)cc2)cc(OCCc2ccc(S(N)(=O)=O)cc2)c1N. The Morgan fingerprint density at radius 3 is 2.17 bits per heavy atom. The average Bonchev–Trinajstić information content (AvgIpc) is 2.69. The summed E-state index contributed by atoms with van der Waals surface area (Å²) in [6.07, 6.45) is 0.488. The third kappa shape index (κ3) is 5.10. The number of primary amides is 1. The van der Waals surface area contributed by atoms with E-state index in [1.165, 1.54) is 12.1 Å². The maximum absolute atomic E-state index is 11.8. The molecule has 7 nitrogen and oxygen atoms in total. The summed E-state index contributed by atoms with van der Waals surface area (Å²) in [5, 5.41) is 5.69. The fourth-order valence-corrected chi connectivity index (χ4v) is 3.52. The van der Waals surface area contributed by atoms with E-state index in [2.05, 4.69) is 0 Å². The number of primary sulfonamides is 1. The molecule has 3 rings (SSSR count). The van der Waals surface area contributed by atoms with Crippen LogP contribution in [0.3, 0.4) is 0 Å². The standard InChI is InChI=1S/C21H20ClN3O4S/c22-16-5-3-14(4-6-16)15-11-18(21(24)26)20(23)19(12-15)29-10-9-13-1-7-17(8-2-13)30(25,27)28/h1-8,11-12H,9-10,23H2,(H2,24,26)(H2,25,27,28). The summed E-state index contributed by atoms with van der Waals surface area (Å²) < 4.78 is 28.5. The number of nitrogens with two attached hydrogens (primary N) is 3. The van der Waals surface area contributed by atoms with Crippen molar-refractivity contribution in [3.63, 3.8) is 0 Å². The number of hydrogen-bond acceptors (Lipinski definition) is 5. The fraction of sp³-hybridized carbons (Fsp3) is 0.0952. The second kappa shape index (κ2) is 8.74. The zero-order chi connectivity index (χ0) is 21.9. The first-order valence-corrected chi connectivity index (χ1v) is 10.8. The molecule has 0 atom stereocenters. The number of sulfonamides is 1. The van der Waals surface area contributed by atoms with Crippen LogP contribution in [-0.4, -0.2) is 20.9 Å². The van der Waals surface area contributed by atoms with Crippen molar-refractivity contribution < 1.29 is 17.9 Å². The van der Waals surface area contributed by atoms with Gasteiger partial charge in [0.05, 0.1) is 22.8 Å². The summed E-state index contributed by atoms with van der Waals surface area (Å²) in [6.45, 7) is 0.251. The number of ether oxygens (including phenoxy) is 1. The van der Waals surface area contributed by atoms with Gasteiger partial charge in [-0.3, -0.25) is 4.79 Å². The summed E-state index contributed by atoms with van der Waals surface area (Å²) in [7, 11) is -3.74. The van der Waals surface area contributed by atoms with Crippen LogP contribution in [0.25, 0.3) is 11.1 Å². The number of benzene rings is 3. The highest BCUT2D eigenvalue weighted by atomic mass is 35.5. The van der Waals surface area contributed by atoms with Gasteiger partial charge >= 0.3 is 0 Å². The highest BCUT2D eigenvalue weighted by molar-refractivity contribution is 7.89. The predicted octanol–water partition coefficient (Wildman–Crippen LogP) is 2.96. The number of carbonyl (C=O) groups excluding carboxylic acids is 1. The zero-order valence-electron chi connectivity index (χ0n) is 15.8. The van der Waals surface area contributed by atoms with Gasteiger partial charge in [-0.25, -0.2) is 13.6 Å². The molecule has 3 aromatic rings. The van der Waals surface area contributed by atoms with Gasteiger partial charge in [-0.05, 0) is 53.1 Å². The zero-order valence-corrected chi connectivity index (χ0v) is 17.4. The van der Waals surface area contributed by atoms with Crippen molar-refractivity contribution in [2.45, 2.75) is 11.3 Å². The maximum Gasteiger partial charge on any atom is 0.250 e. The summed E-state index contributed by atoms with van der Waals surface area (Å²) in [5.74, 6) is -0.329. The van der Waals surface area contributed by atoms with Crippen molar-refractivity contribution in [1.29, 1.82) is 0 Å². The molecule has 0 saturated heterocycles. The monoisotopic (exact) mass is 445 g/mol. The van der Waals surface area contributed by atoms with Crippen molar-refractivity contribution in [2.75, 3.05) is 12.3 Å². The van der Waals surface area contributed by atoms with Gasteiger partial charge in [-0.1, -0.05) is 35.9 Å². The molecule has 9 heteroatoms. The molecule has 0 unspecified atom stereocenters. The maximum atomic E-state index is 11.8. The normalized spacial score (nSPS) is 11.3. The van der Waals surface area contributed by atoms with Crippen molar-refractivity contribution in [3.8, 4) is 16.9 Å². The molecule has 0 radical (unpaired) electrons. The number of hydrogen-bond donors (Lipinski definition) is 3. The number of carbonyl (C=O) groups is 1. The Morgan fingerprint density at radius 2 is 1.60 bits per heavy atom. The Bertz CT molecular complexity index is 1180. The molecule has 6 N–H and O–H groups in total. The minimum atomic E-state index is -3.74. The molecular weight excluding hydrogens is 426 g/mol. The smallest absolute Gasteiger partial charge is 0.250 e. The summed E-state index contributed by atoms with van der Waals surface area (Å²) in [6, 6.07) is 16.6. The van der Waals surface area contributed by atoms with E-state index in [0.29, 0.717) is 22.8 Å². The van der Waals surface area contributed by atoms with Crippen LogP contribution < -0.4 is 21.3 Å². The van der Waals surface area contributed by atoms with Crippen LogP contribution >= 0.6 is 11.6 Å². The second-order valence-electron chi connectivity index (χ2n) is 6.59. The minimum Gasteiger partial charge on any atom is -0.491 e. The molecule has 0 aliphatic carbocycles. The Kier molecular flexibility index (Phi) is 6.31. The van der Waals surface area contributed by atoms with Crippen molar-refractivity contribution in [2.24, 2.45) is 10.9 Å². The topological polar surface area (TPSA) is 138 Å². The number of halogens is 1.